The van der Waals surface area contributed by atoms with Gasteiger partial charge in [0.1, 0.15) is 5.02 Å². The fourth-order valence-electron chi connectivity index (χ4n) is 1.22. The SMILES string of the molecule is COC(=O)CCc1cc(F)c(O)c(Cl)c1N. The first-order chi connectivity index (χ1) is 7.47. The monoisotopic (exact) mass is 247 g/mol. The summed E-state index contributed by atoms with van der Waals surface area (Å²) in [6, 6.07) is 1.06. The minimum atomic E-state index is -0.862. The van der Waals surface area contributed by atoms with Gasteiger partial charge in [-0.15, -0.1) is 0 Å². The minimum Gasteiger partial charge on any atom is -0.504 e. The zero-order valence-electron chi connectivity index (χ0n) is 8.59. The number of carbonyl (C=O) groups is 1. The lowest BCUT2D eigenvalue weighted by molar-refractivity contribution is -0.140. The molecule has 0 aliphatic heterocycles. The van der Waals surface area contributed by atoms with Gasteiger partial charge in [-0.2, -0.15) is 0 Å². The number of anilines is 1. The Balaban J connectivity index is 2.93. The van der Waals surface area contributed by atoms with E-state index in [1.54, 1.807) is 0 Å². The van der Waals surface area contributed by atoms with E-state index in [0.717, 1.165) is 6.07 Å². The molecule has 1 aromatic carbocycles. The average molecular weight is 248 g/mol. The van der Waals surface area contributed by atoms with Crippen molar-refractivity contribution in [3.05, 3.63) is 22.5 Å². The van der Waals surface area contributed by atoms with Crippen molar-refractivity contribution in [1.29, 1.82) is 0 Å². The van der Waals surface area contributed by atoms with Crippen LogP contribution in [0.4, 0.5) is 10.1 Å². The summed E-state index contributed by atoms with van der Waals surface area (Å²) in [5, 5.41) is 8.92. The number of ether oxygens (including phenoxy) is 1. The van der Waals surface area contributed by atoms with E-state index in [4.69, 9.17) is 22.4 Å². The van der Waals surface area contributed by atoms with E-state index in [0.29, 0.717) is 5.56 Å². The molecule has 0 unspecified atom stereocenters. The highest BCUT2D eigenvalue weighted by Crippen LogP contribution is 2.35. The quantitative estimate of drug-likeness (QED) is 0.632. The first-order valence-electron chi connectivity index (χ1n) is 4.49. The molecule has 0 aliphatic carbocycles. The predicted molar refractivity (Wildman–Crippen MR) is 57.8 cm³/mol. The summed E-state index contributed by atoms with van der Waals surface area (Å²) in [6.07, 6.45) is 0.274. The number of rotatable bonds is 3. The number of hydrogen-bond acceptors (Lipinski definition) is 4. The number of carbonyl (C=O) groups excluding carboxylic acids is 1. The van der Waals surface area contributed by atoms with Crippen molar-refractivity contribution in [3.8, 4) is 5.75 Å². The first kappa shape index (κ1) is 12.6. The van der Waals surface area contributed by atoms with Crippen LogP contribution in [0, 0.1) is 5.82 Å². The molecule has 0 fully saturated rings. The van der Waals surface area contributed by atoms with Crippen molar-refractivity contribution in [2.75, 3.05) is 12.8 Å². The number of nitrogen functional groups attached to an aromatic ring is 1. The van der Waals surface area contributed by atoms with Gasteiger partial charge in [-0.3, -0.25) is 4.79 Å². The topological polar surface area (TPSA) is 72.5 Å². The minimum absolute atomic E-state index is 0.0707. The Kier molecular flexibility index (Phi) is 3.95. The van der Waals surface area contributed by atoms with Crippen molar-refractivity contribution in [2.24, 2.45) is 0 Å². The zero-order valence-corrected chi connectivity index (χ0v) is 9.34. The summed E-state index contributed by atoms with van der Waals surface area (Å²) < 4.78 is 17.6. The Morgan fingerprint density at radius 2 is 2.31 bits per heavy atom. The van der Waals surface area contributed by atoms with Gasteiger partial charge in [-0.25, -0.2) is 4.39 Å². The molecule has 4 nitrogen and oxygen atoms in total. The van der Waals surface area contributed by atoms with Gasteiger partial charge in [0.15, 0.2) is 11.6 Å². The van der Waals surface area contributed by atoms with Crippen LogP contribution in [0.1, 0.15) is 12.0 Å². The van der Waals surface area contributed by atoms with E-state index in [2.05, 4.69) is 4.74 Å². The fraction of sp³-hybridized carbons (Fsp3) is 0.300. The predicted octanol–water partition coefficient (Wildman–Crippen LogP) is 1.87. The van der Waals surface area contributed by atoms with E-state index in [1.807, 2.05) is 0 Å². The van der Waals surface area contributed by atoms with Crippen molar-refractivity contribution in [1.82, 2.24) is 0 Å². The molecule has 0 saturated heterocycles. The van der Waals surface area contributed by atoms with Crippen molar-refractivity contribution < 1.29 is 19.0 Å². The van der Waals surface area contributed by atoms with Crippen LogP contribution < -0.4 is 5.73 Å². The maximum absolute atomic E-state index is 13.1. The molecule has 0 aliphatic rings. The molecule has 0 spiro atoms. The lowest BCUT2D eigenvalue weighted by Gasteiger charge is -2.09. The van der Waals surface area contributed by atoms with Gasteiger partial charge in [0.25, 0.3) is 0 Å². The number of methoxy groups -OCH3 is 1. The number of phenolic OH excluding ortho intramolecular Hbond substituents is 1. The highest BCUT2D eigenvalue weighted by molar-refractivity contribution is 6.34. The summed E-state index contributed by atoms with van der Waals surface area (Å²) in [5.74, 6) is -1.97. The number of aryl methyl sites for hydroxylation is 1. The van der Waals surface area contributed by atoms with Gasteiger partial charge < -0.3 is 15.6 Å². The zero-order chi connectivity index (χ0) is 12.3. The van der Waals surface area contributed by atoms with E-state index >= 15 is 0 Å². The van der Waals surface area contributed by atoms with Crippen molar-refractivity contribution >= 4 is 23.3 Å². The number of nitrogens with two attached hydrogens (primary N) is 1. The molecule has 88 valence electrons. The standard InChI is InChI=1S/C10H11ClFNO3/c1-16-7(14)3-2-5-4-6(12)10(15)8(11)9(5)13/h4,15H,2-3,13H2,1H3. The Hall–Kier alpha value is -1.49. The Bertz CT molecular complexity index is 423. The molecule has 0 bridgehead atoms. The molecule has 16 heavy (non-hydrogen) atoms. The molecule has 0 aromatic heterocycles. The number of esters is 1. The van der Waals surface area contributed by atoms with Crippen LogP contribution in [-0.2, 0) is 16.0 Å². The molecule has 0 saturated carbocycles. The maximum atomic E-state index is 13.1. The molecule has 1 rings (SSSR count). The van der Waals surface area contributed by atoms with Gasteiger partial charge >= 0.3 is 5.97 Å². The van der Waals surface area contributed by atoms with E-state index in [1.165, 1.54) is 7.11 Å². The van der Waals surface area contributed by atoms with Gasteiger partial charge in [0.05, 0.1) is 12.8 Å². The van der Waals surface area contributed by atoms with Crippen molar-refractivity contribution in [3.63, 3.8) is 0 Å². The number of halogens is 2. The van der Waals surface area contributed by atoms with Crippen LogP contribution in [0.3, 0.4) is 0 Å². The summed E-state index contributed by atoms with van der Waals surface area (Å²) >= 11 is 5.61. The van der Waals surface area contributed by atoms with Crippen LogP contribution in [0.5, 0.6) is 5.75 Å². The molecule has 3 N–H and O–H groups in total. The Labute approximate surface area is 96.8 Å². The average Bonchev–Trinajstić information content (AvgIpc) is 2.28. The second-order valence-corrected chi connectivity index (χ2v) is 3.55. The summed E-state index contributed by atoms with van der Waals surface area (Å²) in [6.45, 7) is 0. The molecule has 1 aromatic rings. The van der Waals surface area contributed by atoms with Gasteiger partial charge in [0, 0.05) is 6.42 Å². The first-order valence-corrected chi connectivity index (χ1v) is 4.87. The normalized spacial score (nSPS) is 10.2. The second kappa shape index (κ2) is 5.03. The van der Waals surface area contributed by atoms with Crippen molar-refractivity contribution in [2.45, 2.75) is 12.8 Å². The summed E-state index contributed by atoms with van der Waals surface area (Å²) in [4.78, 5) is 10.9. The molecule has 0 amide bonds. The molecular formula is C10H11ClFNO3. The molecule has 6 heteroatoms. The third-order valence-electron chi connectivity index (χ3n) is 2.14. The fourth-order valence-corrected chi connectivity index (χ4v) is 1.43. The lowest BCUT2D eigenvalue weighted by Crippen LogP contribution is -2.04. The largest absolute Gasteiger partial charge is 0.504 e. The Morgan fingerprint density at radius 3 is 2.88 bits per heavy atom. The molecule has 0 atom stereocenters. The van der Waals surface area contributed by atoms with Crippen LogP contribution in [0.2, 0.25) is 5.02 Å². The number of benzene rings is 1. The number of hydrogen-bond donors (Lipinski definition) is 2. The van der Waals surface area contributed by atoms with E-state index in [9.17, 15) is 9.18 Å². The van der Waals surface area contributed by atoms with Gasteiger partial charge in [0.2, 0.25) is 0 Å². The maximum Gasteiger partial charge on any atom is 0.305 e. The summed E-state index contributed by atoms with van der Waals surface area (Å²) in [5.41, 5.74) is 6.01. The molecule has 0 radical (unpaired) electrons. The molecular weight excluding hydrogens is 237 g/mol. The highest BCUT2D eigenvalue weighted by atomic mass is 35.5. The van der Waals surface area contributed by atoms with E-state index < -0.39 is 17.5 Å². The van der Waals surface area contributed by atoms with E-state index in [-0.39, 0.29) is 23.6 Å². The third kappa shape index (κ3) is 2.55. The molecule has 0 heterocycles. The lowest BCUT2D eigenvalue weighted by atomic mass is 10.1. The number of phenols is 1. The van der Waals surface area contributed by atoms with Crippen LogP contribution in [0.15, 0.2) is 6.07 Å². The second-order valence-electron chi connectivity index (χ2n) is 3.17. The third-order valence-corrected chi connectivity index (χ3v) is 2.53. The van der Waals surface area contributed by atoms with Crippen LogP contribution >= 0.6 is 11.6 Å². The van der Waals surface area contributed by atoms with Gasteiger partial charge in [-0.05, 0) is 18.1 Å². The highest BCUT2D eigenvalue weighted by Gasteiger charge is 2.14. The van der Waals surface area contributed by atoms with Gasteiger partial charge in [-0.1, -0.05) is 11.6 Å². The van der Waals surface area contributed by atoms with Crippen LogP contribution in [-0.4, -0.2) is 18.2 Å². The smallest absolute Gasteiger partial charge is 0.305 e. The number of aromatic hydroxyl groups is 1. The van der Waals surface area contributed by atoms with Crippen LogP contribution in [0.25, 0.3) is 0 Å². The Morgan fingerprint density at radius 1 is 1.69 bits per heavy atom. The summed E-state index contributed by atoms with van der Waals surface area (Å²) in [7, 11) is 1.26.